The van der Waals surface area contributed by atoms with Gasteiger partial charge in [-0.1, -0.05) is 34.1 Å². The summed E-state index contributed by atoms with van der Waals surface area (Å²) in [7, 11) is 0. The van der Waals surface area contributed by atoms with E-state index >= 15 is 4.39 Å². The SMILES string of the molecule is CC(C)(C)C(=O)Oc1ccc2c(c1F)CCCC(Br)=C2c1ccc(OC2CCN(CCCF)C2)cc1. The highest BCUT2D eigenvalue weighted by atomic mass is 79.9. The Kier molecular flexibility index (Phi) is 8.51. The molecule has 1 atom stereocenters. The smallest absolute Gasteiger partial charge is 0.316 e. The number of hydrogen-bond donors (Lipinski definition) is 0. The number of carbonyl (C=O) groups is 1. The number of rotatable bonds is 7. The third kappa shape index (κ3) is 6.17. The molecule has 0 saturated carbocycles. The number of nitrogens with zero attached hydrogens (tertiary/aromatic N) is 1. The first kappa shape index (κ1) is 26.8. The topological polar surface area (TPSA) is 38.8 Å². The van der Waals surface area contributed by atoms with Crippen molar-refractivity contribution >= 4 is 27.5 Å². The predicted molar refractivity (Wildman–Crippen MR) is 142 cm³/mol. The van der Waals surface area contributed by atoms with Crippen LogP contribution in [0.15, 0.2) is 40.9 Å². The zero-order valence-electron chi connectivity index (χ0n) is 21.2. The zero-order chi connectivity index (χ0) is 25.9. The molecule has 0 radical (unpaired) electrons. The van der Waals surface area contributed by atoms with Gasteiger partial charge in [0.2, 0.25) is 0 Å². The molecule has 4 rings (SSSR count). The van der Waals surface area contributed by atoms with Gasteiger partial charge >= 0.3 is 5.97 Å². The Morgan fingerprint density at radius 3 is 2.58 bits per heavy atom. The van der Waals surface area contributed by atoms with Gasteiger partial charge in [0.05, 0.1) is 12.1 Å². The van der Waals surface area contributed by atoms with E-state index in [0.29, 0.717) is 18.4 Å². The summed E-state index contributed by atoms with van der Waals surface area (Å²) < 4.78 is 40.6. The van der Waals surface area contributed by atoms with Crippen LogP contribution in [0.5, 0.6) is 11.5 Å². The molecule has 2 aromatic carbocycles. The fourth-order valence-electron chi connectivity index (χ4n) is 4.69. The molecule has 1 aliphatic heterocycles. The number of hydrogen-bond acceptors (Lipinski definition) is 4. The molecule has 7 heteroatoms. The second-order valence-electron chi connectivity index (χ2n) is 10.6. The van der Waals surface area contributed by atoms with E-state index in [1.165, 1.54) is 0 Å². The fraction of sp³-hybridized carbons (Fsp3) is 0.483. The van der Waals surface area contributed by atoms with E-state index in [4.69, 9.17) is 9.47 Å². The standard InChI is InChI=1S/C29H34BrF2NO3/c1-29(2,3)28(34)36-25-13-12-22-23(27(25)32)6-4-7-24(30)26(22)19-8-10-20(11-9-19)35-21-14-17-33(18-21)16-5-15-31/h8-13,21H,4-7,14-18H2,1-3H3. The van der Waals surface area contributed by atoms with Gasteiger partial charge in [0, 0.05) is 24.1 Å². The van der Waals surface area contributed by atoms with Gasteiger partial charge in [0.25, 0.3) is 0 Å². The van der Waals surface area contributed by atoms with Crippen LogP contribution in [-0.4, -0.2) is 43.3 Å². The lowest BCUT2D eigenvalue weighted by Crippen LogP contribution is -2.26. The van der Waals surface area contributed by atoms with Gasteiger partial charge in [-0.05, 0) is 93.3 Å². The first-order valence-electron chi connectivity index (χ1n) is 12.7. The molecule has 36 heavy (non-hydrogen) atoms. The number of alkyl halides is 1. The molecule has 1 heterocycles. The van der Waals surface area contributed by atoms with Crippen LogP contribution in [-0.2, 0) is 11.2 Å². The van der Waals surface area contributed by atoms with Crippen molar-refractivity contribution in [2.75, 3.05) is 26.3 Å². The van der Waals surface area contributed by atoms with E-state index in [1.807, 2.05) is 30.3 Å². The summed E-state index contributed by atoms with van der Waals surface area (Å²) in [4.78, 5) is 14.6. The van der Waals surface area contributed by atoms with Crippen molar-refractivity contribution in [3.8, 4) is 11.5 Å². The lowest BCUT2D eigenvalue weighted by molar-refractivity contribution is -0.143. The van der Waals surface area contributed by atoms with Crippen LogP contribution >= 0.6 is 15.9 Å². The van der Waals surface area contributed by atoms with Crippen LogP contribution in [0.2, 0.25) is 0 Å². The molecule has 0 bridgehead atoms. The maximum Gasteiger partial charge on any atom is 0.316 e. The highest BCUT2D eigenvalue weighted by molar-refractivity contribution is 9.11. The lowest BCUT2D eigenvalue weighted by atomic mass is 9.93. The van der Waals surface area contributed by atoms with Gasteiger partial charge in [-0.25, -0.2) is 4.39 Å². The van der Waals surface area contributed by atoms with Crippen molar-refractivity contribution < 1.29 is 23.0 Å². The van der Waals surface area contributed by atoms with E-state index in [0.717, 1.165) is 65.8 Å². The number of allylic oxidation sites excluding steroid dienone is 1. The van der Waals surface area contributed by atoms with Gasteiger partial charge in [-0.15, -0.1) is 0 Å². The second-order valence-corrected chi connectivity index (χ2v) is 11.5. The summed E-state index contributed by atoms with van der Waals surface area (Å²) >= 11 is 3.75. The van der Waals surface area contributed by atoms with Gasteiger partial charge < -0.3 is 9.47 Å². The number of likely N-dealkylation sites (tertiary alicyclic amines) is 1. The third-order valence-electron chi connectivity index (χ3n) is 6.67. The summed E-state index contributed by atoms with van der Waals surface area (Å²) in [6.45, 7) is 7.47. The average Bonchev–Trinajstić information content (AvgIpc) is 3.21. The van der Waals surface area contributed by atoms with E-state index < -0.39 is 17.2 Å². The Balaban J connectivity index is 1.54. The molecule has 0 N–H and O–H groups in total. The first-order valence-corrected chi connectivity index (χ1v) is 13.4. The molecule has 4 nitrogen and oxygen atoms in total. The van der Waals surface area contributed by atoms with Crippen molar-refractivity contribution in [3.05, 3.63) is 63.4 Å². The number of ether oxygens (including phenoxy) is 2. The maximum absolute atomic E-state index is 15.5. The fourth-order valence-corrected chi connectivity index (χ4v) is 5.41. The van der Waals surface area contributed by atoms with E-state index in [9.17, 15) is 9.18 Å². The molecule has 0 spiro atoms. The Hall–Kier alpha value is -2.25. The minimum absolute atomic E-state index is 0.0214. The summed E-state index contributed by atoms with van der Waals surface area (Å²) in [5.74, 6) is -0.164. The van der Waals surface area contributed by atoms with Gasteiger partial charge in [0.15, 0.2) is 11.6 Å². The quantitative estimate of drug-likeness (QED) is 0.267. The molecule has 0 aromatic heterocycles. The van der Waals surface area contributed by atoms with Crippen LogP contribution in [0, 0.1) is 11.2 Å². The van der Waals surface area contributed by atoms with Gasteiger partial charge in [-0.3, -0.25) is 14.1 Å². The third-order valence-corrected chi connectivity index (χ3v) is 7.46. The number of fused-ring (bicyclic) bond motifs is 1. The maximum atomic E-state index is 15.5. The monoisotopic (exact) mass is 561 g/mol. The first-order chi connectivity index (χ1) is 17.2. The molecule has 1 saturated heterocycles. The lowest BCUT2D eigenvalue weighted by Gasteiger charge is -2.19. The largest absolute Gasteiger partial charge is 0.489 e. The van der Waals surface area contributed by atoms with Crippen molar-refractivity contribution in [3.63, 3.8) is 0 Å². The van der Waals surface area contributed by atoms with Gasteiger partial charge in [0.1, 0.15) is 11.9 Å². The Morgan fingerprint density at radius 2 is 1.89 bits per heavy atom. The molecular weight excluding hydrogens is 528 g/mol. The van der Waals surface area contributed by atoms with Crippen molar-refractivity contribution in [1.82, 2.24) is 4.90 Å². The highest BCUT2D eigenvalue weighted by Gasteiger charge is 2.28. The predicted octanol–water partition coefficient (Wildman–Crippen LogP) is 7.08. The minimum atomic E-state index is -0.720. The summed E-state index contributed by atoms with van der Waals surface area (Å²) in [6, 6.07) is 11.3. The highest BCUT2D eigenvalue weighted by Crippen LogP contribution is 2.41. The normalized spacial score (nSPS) is 18.7. The van der Waals surface area contributed by atoms with E-state index in [1.54, 1.807) is 26.8 Å². The van der Waals surface area contributed by atoms with Crippen molar-refractivity contribution in [1.29, 1.82) is 0 Å². The molecule has 1 aliphatic carbocycles. The number of carbonyl (C=O) groups excluding carboxylic acids is 1. The van der Waals surface area contributed by atoms with Crippen LogP contribution in [0.25, 0.3) is 5.57 Å². The van der Waals surface area contributed by atoms with Crippen LogP contribution in [0.4, 0.5) is 8.78 Å². The number of esters is 1. The molecule has 1 fully saturated rings. The van der Waals surface area contributed by atoms with Crippen LogP contribution in [0.3, 0.4) is 0 Å². The number of halogens is 3. The molecule has 0 amide bonds. The Labute approximate surface area is 220 Å². The minimum Gasteiger partial charge on any atom is -0.489 e. The second kappa shape index (κ2) is 11.4. The Bertz CT molecular complexity index is 1120. The molecule has 1 unspecified atom stereocenters. The van der Waals surface area contributed by atoms with Crippen molar-refractivity contribution in [2.45, 2.75) is 59.0 Å². The summed E-state index contributed by atoms with van der Waals surface area (Å²) in [6.07, 6.45) is 3.72. The zero-order valence-corrected chi connectivity index (χ0v) is 22.8. The average molecular weight is 562 g/mol. The molecular formula is C29H34BrF2NO3. The van der Waals surface area contributed by atoms with E-state index in [-0.39, 0.29) is 18.5 Å². The summed E-state index contributed by atoms with van der Waals surface area (Å²) in [5, 5.41) is 0. The summed E-state index contributed by atoms with van der Waals surface area (Å²) in [5.41, 5.74) is 2.56. The molecule has 2 aliphatic rings. The van der Waals surface area contributed by atoms with Gasteiger partial charge in [-0.2, -0.15) is 0 Å². The van der Waals surface area contributed by atoms with Crippen LogP contribution in [0.1, 0.15) is 63.1 Å². The molecule has 2 aromatic rings. The molecule has 194 valence electrons. The number of benzene rings is 2. The van der Waals surface area contributed by atoms with Crippen LogP contribution < -0.4 is 9.47 Å². The van der Waals surface area contributed by atoms with Crippen molar-refractivity contribution in [2.24, 2.45) is 5.41 Å². The van der Waals surface area contributed by atoms with E-state index in [2.05, 4.69) is 20.8 Å². The Morgan fingerprint density at radius 1 is 1.14 bits per heavy atom.